The van der Waals surface area contributed by atoms with Gasteiger partial charge in [0, 0.05) is 30.8 Å². The average Bonchev–Trinajstić information content (AvgIpc) is 2.90. The van der Waals surface area contributed by atoms with Crippen molar-refractivity contribution in [1.82, 2.24) is 10.2 Å². The number of nitrogens with zero attached hydrogens (tertiary/aromatic N) is 2. The topological polar surface area (TPSA) is 80.3 Å². The molecule has 0 bridgehead atoms. The molecule has 0 unspecified atom stereocenters. The summed E-state index contributed by atoms with van der Waals surface area (Å²) in [5, 5.41) is 3.25. The van der Waals surface area contributed by atoms with Crippen LogP contribution in [0.4, 0.5) is 14.9 Å². The molecule has 3 aliphatic heterocycles. The number of carbonyl (C=O) groups is 2. The SMILES string of the molecule is COc1cc(OC2CCNCC2)c(F)cc1C(=O)N1CCC(N2C(=O)OCc3ccccc32)CC1. The summed E-state index contributed by atoms with van der Waals surface area (Å²) in [4.78, 5) is 29.2. The second kappa shape index (κ2) is 10.1. The summed E-state index contributed by atoms with van der Waals surface area (Å²) in [5.41, 5.74) is 2.00. The van der Waals surface area contributed by atoms with Crippen LogP contribution in [0.2, 0.25) is 0 Å². The number of amides is 2. The summed E-state index contributed by atoms with van der Waals surface area (Å²) in [6, 6.07) is 10.3. The van der Waals surface area contributed by atoms with E-state index in [9.17, 15) is 14.0 Å². The number of cyclic esters (lactones) is 1. The van der Waals surface area contributed by atoms with Gasteiger partial charge in [0.25, 0.3) is 5.91 Å². The minimum Gasteiger partial charge on any atom is -0.496 e. The maximum atomic E-state index is 14.9. The van der Waals surface area contributed by atoms with Gasteiger partial charge in [0.1, 0.15) is 18.5 Å². The van der Waals surface area contributed by atoms with Gasteiger partial charge in [-0.3, -0.25) is 9.69 Å². The largest absolute Gasteiger partial charge is 0.496 e. The normalized spacial score (nSPS) is 19.2. The van der Waals surface area contributed by atoms with Crippen LogP contribution in [-0.2, 0) is 11.3 Å². The van der Waals surface area contributed by atoms with Crippen LogP contribution in [0.1, 0.15) is 41.6 Å². The first kappa shape index (κ1) is 23.4. The first-order valence-corrected chi connectivity index (χ1v) is 12.1. The molecule has 3 aliphatic rings. The molecule has 1 N–H and O–H groups in total. The van der Waals surface area contributed by atoms with E-state index in [0.29, 0.717) is 25.9 Å². The number of halogens is 1. The van der Waals surface area contributed by atoms with Crippen LogP contribution in [0.25, 0.3) is 0 Å². The summed E-state index contributed by atoms with van der Waals surface area (Å²) in [6.07, 6.45) is 2.36. The van der Waals surface area contributed by atoms with E-state index in [0.717, 1.165) is 37.2 Å². The number of ether oxygens (including phenoxy) is 3. The van der Waals surface area contributed by atoms with Crippen LogP contribution in [0.15, 0.2) is 36.4 Å². The number of hydrogen-bond acceptors (Lipinski definition) is 6. The van der Waals surface area contributed by atoms with Gasteiger partial charge in [-0.1, -0.05) is 18.2 Å². The van der Waals surface area contributed by atoms with Gasteiger partial charge in [-0.05, 0) is 50.9 Å². The first-order valence-electron chi connectivity index (χ1n) is 12.1. The Hall–Kier alpha value is -3.33. The van der Waals surface area contributed by atoms with Gasteiger partial charge in [-0.25, -0.2) is 9.18 Å². The Labute approximate surface area is 203 Å². The van der Waals surface area contributed by atoms with Crippen molar-refractivity contribution in [3.05, 3.63) is 53.3 Å². The van der Waals surface area contributed by atoms with Gasteiger partial charge in [-0.15, -0.1) is 0 Å². The zero-order chi connectivity index (χ0) is 24.4. The third kappa shape index (κ3) is 4.77. The molecule has 9 heteroatoms. The number of para-hydroxylation sites is 1. The maximum absolute atomic E-state index is 14.9. The van der Waals surface area contributed by atoms with Gasteiger partial charge in [-0.2, -0.15) is 0 Å². The zero-order valence-corrected chi connectivity index (χ0v) is 19.8. The number of carbonyl (C=O) groups excluding carboxylic acids is 2. The van der Waals surface area contributed by atoms with Crippen molar-refractivity contribution in [2.75, 3.05) is 38.2 Å². The molecule has 2 saturated heterocycles. The predicted octanol–water partition coefficient (Wildman–Crippen LogP) is 3.73. The number of anilines is 1. The molecule has 5 rings (SSSR count). The van der Waals surface area contributed by atoms with Crippen molar-refractivity contribution in [1.29, 1.82) is 0 Å². The minimum absolute atomic E-state index is 0.0670. The molecule has 35 heavy (non-hydrogen) atoms. The first-order chi connectivity index (χ1) is 17.0. The van der Waals surface area contributed by atoms with Crippen LogP contribution in [0.3, 0.4) is 0 Å². The maximum Gasteiger partial charge on any atom is 0.414 e. The molecule has 0 atom stereocenters. The van der Waals surface area contributed by atoms with Crippen LogP contribution < -0.4 is 19.7 Å². The third-order valence-corrected chi connectivity index (χ3v) is 6.98. The standard InChI is InChI=1S/C26H30FN3O5/c1-33-23-15-24(35-19-6-10-28-11-7-19)21(27)14-20(23)25(31)29-12-8-18(9-13-29)30-22-5-3-2-4-17(22)16-34-26(30)32/h2-5,14-15,18-19,28H,6-13,16H2,1H3. The Morgan fingerprint density at radius 2 is 1.83 bits per heavy atom. The fraction of sp³-hybridized carbons (Fsp3) is 0.462. The summed E-state index contributed by atoms with van der Waals surface area (Å²) in [5.74, 6) is -0.480. The van der Waals surface area contributed by atoms with E-state index in [1.165, 1.54) is 19.2 Å². The van der Waals surface area contributed by atoms with Crippen molar-refractivity contribution in [2.45, 2.75) is 44.4 Å². The summed E-state index contributed by atoms with van der Waals surface area (Å²) in [6.45, 7) is 2.81. The van der Waals surface area contributed by atoms with Crippen molar-refractivity contribution in [3.63, 3.8) is 0 Å². The second-order valence-corrected chi connectivity index (χ2v) is 9.13. The van der Waals surface area contributed by atoms with E-state index in [1.54, 1.807) is 9.80 Å². The van der Waals surface area contributed by atoms with E-state index in [1.807, 2.05) is 24.3 Å². The van der Waals surface area contributed by atoms with Gasteiger partial charge in [0.05, 0.1) is 18.4 Å². The number of nitrogens with one attached hydrogen (secondary N) is 1. The minimum atomic E-state index is -0.574. The lowest BCUT2D eigenvalue weighted by Gasteiger charge is -2.40. The number of benzene rings is 2. The van der Waals surface area contributed by atoms with E-state index in [2.05, 4.69) is 5.32 Å². The van der Waals surface area contributed by atoms with Gasteiger partial charge in [0.15, 0.2) is 11.6 Å². The van der Waals surface area contributed by atoms with Crippen LogP contribution >= 0.6 is 0 Å². The van der Waals surface area contributed by atoms with Gasteiger partial charge >= 0.3 is 6.09 Å². The monoisotopic (exact) mass is 483 g/mol. The Bertz CT molecular complexity index is 1100. The van der Waals surface area contributed by atoms with E-state index < -0.39 is 5.82 Å². The molecule has 0 saturated carbocycles. The number of methoxy groups -OCH3 is 1. The van der Waals surface area contributed by atoms with Crippen molar-refractivity contribution in [3.8, 4) is 11.5 Å². The van der Waals surface area contributed by atoms with E-state index in [-0.39, 0.29) is 47.8 Å². The average molecular weight is 484 g/mol. The molecule has 0 aliphatic carbocycles. The molecule has 2 amide bonds. The lowest BCUT2D eigenvalue weighted by Crippen LogP contribution is -2.50. The molecule has 2 aromatic rings. The van der Waals surface area contributed by atoms with Crippen LogP contribution in [-0.4, -0.2) is 62.3 Å². The highest BCUT2D eigenvalue weighted by Gasteiger charge is 2.35. The summed E-state index contributed by atoms with van der Waals surface area (Å²) < 4.78 is 31.6. The molecule has 186 valence electrons. The Morgan fingerprint density at radius 1 is 1.09 bits per heavy atom. The van der Waals surface area contributed by atoms with Gasteiger partial charge < -0.3 is 24.4 Å². The Balaban J connectivity index is 1.28. The van der Waals surface area contributed by atoms with E-state index >= 15 is 0 Å². The number of rotatable bonds is 5. The predicted molar refractivity (Wildman–Crippen MR) is 128 cm³/mol. The molecule has 0 radical (unpaired) electrons. The smallest absolute Gasteiger partial charge is 0.414 e. The molecule has 3 heterocycles. The number of likely N-dealkylation sites (tertiary alicyclic amines) is 1. The van der Waals surface area contributed by atoms with Crippen molar-refractivity contribution < 1.29 is 28.2 Å². The third-order valence-electron chi connectivity index (χ3n) is 6.98. The molecule has 8 nitrogen and oxygen atoms in total. The highest BCUT2D eigenvalue weighted by atomic mass is 19.1. The summed E-state index contributed by atoms with van der Waals surface area (Å²) >= 11 is 0. The highest BCUT2D eigenvalue weighted by molar-refractivity contribution is 5.97. The quantitative estimate of drug-likeness (QED) is 0.698. The molecular formula is C26H30FN3O5. The fourth-order valence-corrected chi connectivity index (χ4v) is 5.07. The zero-order valence-electron chi connectivity index (χ0n) is 19.8. The molecule has 0 aromatic heterocycles. The lowest BCUT2D eigenvalue weighted by atomic mass is 10.00. The lowest BCUT2D eigenvalue weighted by molar-refractivity contribution is 0.0704. The number of piperidine rings is 2. The second-order valence-electron chi connectivity index (χ2n) is 9.13. The van der Waals surface area contributed by atoms with Crippen LogP contribution in [0.5, 0.6) is 11.5 Å². The van der Waals surface area contributed by atoms with Crippen molar-refractivity contribution >= 4 is 17.7 Å². The van der Waals surface area contributed by atoms with Gasteiger partial charge in [0.2, 0.25) is 0 Å². The highest BCUT2D eigenvalue weighted by Crippen LogP contribution is 2.34. The Morgan fingerprint density at radius 3 is 2.57 bits per heavy atom. The van der Waals surface area contributed by atoms with E-state index in [4.69, 9.17) is 14.2 Å². The number of fused-ring (bicyclic) bond motifs is 1. The molecule has 2 aromatic carbocycles. The number of hydrogen-bond donors (Lipinski definition) is 1. The van der Waals surface area contributed by atoms with Crippen LogP contribution in [0, 0.1) is 5.82 Å². The molecule has 0 spiro atoms. The fourth-order valence-electron chi connectivity index (χ4n) is 5.07. The molecular weight excluding hydrogens is 453 g/mol. The van der Waals surface area contributed by atoms with Crippen molar-refractivity contribution in [2.24, 2.45) is 0 Å². The Kier molecular flexibility index (Phi) is 6.77. The summed E-state index contributed by atoms with van der Waals surface area (Å²) in [7, 11) is 1.46. The molecule has 2 fully saturated rings.